The first kappa shape index (κ1) is 10.6. The third-order valence-electron chi connectivity index (χ3n) is 2.72. The van der Waals surface area contributed by atoms with Gasteiger partial charge in [0.2, 0.25) is 0 Å². The van der Waals surface area contributed by atoms with Crippen molar-refractivity contribution in [3.8, 4) is 6.07 Å². The molecule has 0 aliphatic carbocycles. The van der Waals surface area contributed by atoms with Crippen molar-refractivity contribution in [2.24, 2.45) is 0 Å². The van der Waals surface area contributed by atoms with Gasteiger partial charge in [-0.3, -0.25) is 4.90 Å². The summed E-state index contributed by atoms with van der Waals surface area (Å²) in [5.74, 6) is 0. The molecule has 1 aliphatic rings. The smallest absolute Gasteiger partial charge is 0.124 e. The summed E-state index contributed by atoms with van der Waals surface area (Å²) in [7, 11) is 0. The summed E-state index contributed by atoms with van der Waals surface area (Å²) in [6, 6.07) is 4.40. The molecule has 1 unspecified atom stereocenters. The van der Waals surface area contributed by atoms with Gasteiger partial charge in [-0.2, -0.15) is 16.6 Å². The van der Waals surface area contributed by atoms with Crippen molar-refractivity contribution < 1.29 is 0 Å². The van der Waals surface area contributed by atoms with Crippen molar-refractivity contribution in [3.63, 3.8) is 0 Å². The highest BCUT2D eigenvalue weighted by atomic mass is 32.1. The number of nitrogens with zero attached hydrogens (tertiary/aromatic N) is 2. The van der Waals surface area contributed by atoms with Gasteiger partial charge in [-0.1, -0.05) is 0 Å². The van der Waals surface area contributed by atoms with Gasteiger partial charge < -0.3 is 5.32 Å². The van der Waals surface area contributed by atoms with E-state index in [-0.39, 0.29) is 6.04 Å². The molecule has 0 bridgehead atoms. The first-order valence-electron chi connectivity index (χ1n) is 5.28. The molecule has 3 nitrogen and oxygen atoms in total. The number of nitriles is 1. The molecule has 1 aromatic rings. The van der Waals surface area contributed by atoms with Crippen molar-refractivity contribution in [3.05, 3.63) is 22.4 Å². The minimum atomic E-state index is -0.0591. The maximum atomic E-state index is 9.23. The summed E-state index contributed by atoms with van der Waals surface area (Å²) in [6.45, 7) is 4.04. The Kier molecular flexibility index (Phi) is 3.73. The molecular formula is C11H15N3S. The van der Waals surface area contributed by atoms with Gasteiger partial charge in [0, 0.05) is 19.6 Å². The van der Waals surface area contributed by atoms with Gasteiger partial charge in [-0.25, -0.2) is 0 Å². The van der Waals surface area contributed by atoms with E-state index in [0.717, 1.165) is 38.2 Å². The molecule has 0 amide bonds. The van der Waals surface area contributed by atoms with E-state index >= 15 is 0 Å². The second-order valence-electron chi connectivity index (χ2n) is 3.73. The van der Waals surface area contributed by atoms with Crippen LogP contribution in [-0.4, -0.2) is 31.1 Å². The van der Waals surface area contributed by atoms with Crippen molar-refractivity contribution in [1.29, 1.82) is 5.26 Å². The van der Waals surface area contributed by atoms with E-state index in [1.165, 1.54) is 0 Å². The number of thiophene rings is 1. The second kappa shape index (κ2) is 5.26. The normalized spacial score (nSPS) is 20.5. The van der Waals surface area contributed by atoms with Crippen LogP contribution in [0.3, 0.4) is 0 Å². The van der Waals surface area contributed by atoms with Gasteiger partial charge in [0.25, 0.3) is 0 Å². The van der Waals surface area contributed by atoms with Gasteiger partial charge in [0.15, 0.2) is 0 Å². The quantitative estimate of drug-likeness (QED) is 0.824. The Bertz CT molecular complexity index is 320. The molecule has 1 aliphatic heterocycles. The molecule has 80 valence electrons. The minimum Gasteiger partial charge on any atom is -0.315 e. The summed E-state index contributed by atoms with van der Waals surface area (Å²) < 4.78 is 0. The van der Waals surface area contributed by atoms with Crippen LogP contribution in [0.2, 0.25) is 0 Å². The van der Waals surface area contributed by atoms with E-state index in [2.05, 4.69) is 27.7 Å². The fourth-order valence-corrected chi connectivity index (χ4v) is 2.60. The zero-order valence-corrected chi connectivity index (χ0v) is 9.46. The molecule has 1 aromatic heterocycles. The molecule has 15 heavy (non-hydrogen) atoms. The monoisotopic (exact) mass is 221 g/mol. The highest BCUT2D eigenvalue weighted by molar-refractivity contribution is 7.08. The zero-order valence-electron chi connectivity index (χ0n) is 8.65. The number of nitrogens with one attached hydrogen (secondary N) is 1. The number of rotatable bonds is 2. The SMILES string of the molecule is N#CC(c1ccsc1)N1CCCNCC1. The van der Waals surface area contributed by atoms with Crippen molar-refractivity contribution in [2.75, 3.05) is 26.2 Å². The van der Waals surface area contributed by atoms with Crippen LogP contribution in [0.4, 0.5) is 0 Å². The predicted octanol–water partition coefficient (Wildman–Crippen LogP) is 1.61. The molecular weight excluding hydrogens is 206 g/mol. The summed E-state index contributed by atoms with van der Waals surface area (Å²) in [4.78, 5) is 2.27. The average Bonchev–Trinajstić information content (AvgIpc) is 2.63. The molecule has 0 saturated carbocycles. The van der Waals surface area contributed by atoms with Crippen molar-refractivity contribution >= 4 is 11.3 Å². The second-order valence-corrected chi connectivity index (χ2v) is 4.51. The Morgan fingerprint density at radius 1 is 1.47 bits per heavy atom. The van der Waals surface area contributed by atoms with Gasteiger partial charge >= 0.3 is 0 Å². The van der Waals surface area contributed by atoms with E-state index in [1.54, 1.807) is 11.3 Å². The maximum Gasteiger partial charge on any atom is 0.124 e. The summed E-state index contributed by atoms with van der Waals surface area (Å²) in [5.41, 5.74) is 1.14. The molecule has 1 saturated heterocycles. The molecule has 0 aromatic carbocycles. The average molecular weight is 221 g/mol. The third kappa shape index (κ3) is 2.57. The van der Waals surface area contributed by atoms with Crippen LogP contribution >= 0.6 is 11.3 Å². The topological polar surface area (TPSA) is 39.1 Å². The fraction of sp³-hybridized carbons (Fsp3) is 0.545. The van der Waals surface area contributed by atoms with Gasteiger partial charge in [0.1, 0.15) is 6.04 Å². The summed E-state index contributed by atoms with van der Waals surface area (Å²) >= 11 is 1.66. The van der Waals surface area contributed by atoms with Gasteiger partial charge in [-0.15, -0.1) is 0 Å². The molecule has 2 heterocycles. The lowest BCUT2D eigenvalue weighted by molar-refractivity contribution is 0.253. The largest absolute Gasteiger partial charge is 0.315 e. The van der Waals surface area contributed by atoms with E-state index < -0.39 is 0 Å². The first-order chi connectivity index (χ1) is 7.42. The molecule has 4 heteroatoms. The molecule has 0 spiro atoms. The maximum absolute atomic E-state index is 9.23. The number of hydrogen-bond donors (Lipinski definition) is 1. The Morgan fingerprint density at radius 3 is 3.13 bits per heavy atom. The minimum absolute atomic E-state index is 0.0591. The van der Waals surface area contributed by atoms with Gasteiger partial charge in [-0.05, 0) is 35.4 Å². The van der Waals surface area contributed by atoms with Crippen LogP contribution in [0.5, 0.6) is 0 Å². The zero-order chi connectivity index (χ0) is 10.5. The van der Waals surface area contributed by atoms with Crippen molar-refractivity contribution in [1.82, 2.24) is 10.2 Å². The van der Waals surface area contributed by atoms with Crippen molar-refractivity contribution in [2.45, 2.75) is 12.5 Å². The Labute approximate surface area is 94.3 Å². The highest BCUT2D eigenvalue weighted by Crippen LogP contribution is 2.22. The Balaban J connectivity index is 2.09. The Morgan fingerprint density at radius 2 is 2.40 bits per heavy atom. The molecule has 2 rings (SSSR count). The molecule has 1 atom stereocenters. The van der Waals surface area contributed by atoms with Crippen LogP contribution in [0, 0.1) is 11.3 Å². The lowest BCUT2D eigenvalue weighted by Gasteiger charge is -2.24. The lowest BCUT2D eigenvalue weighted by atomic mass is 10.1. The summed E-state index contributed by atoms with van der Waals surface area (Å²) in [5, 5.41) is 16.7. The highest BCUT2D eigenvalue weighted by Gasteiger charge is 2.20. The van der Waals surface area contributed by atoms with E-state index in [9.17, 15) is 5.26 Å². The van der Waals surface area contributed by atoms with Crippen LogP contribution in [0.15, 0.2) is 16.8 Å². The molecule has 0 radical (unpaired) electrons. The molecule has 1 N–H and O–H groups in total. The fourth-order valence-electron chi connectivity index (χ4n) is 1.92. The first-order valence-corrected chi connectivity index (χ1v) is 6.22. The summed E-state index contributed by atoms with van der Waals surface area (Å²) in [6.07, 6.45) is 1.13. The van der Waals surface area contributed by atoms with Crippen LogP contribution < -0.4 is 5.32 Å². The van der Waals surface area contributed by atoms with Crippen LogP contribution in [-0.2, 0) is 0 Å². The van der Waals surface area contributed by atoms with E-state index in [4.69, 9.17) is 0 Å². The van der Waals surface area contributed by atoms with E-state index in [1.807, 2.05) is 5.38 Å². The van der Waals surface area contributed by atoms with Crippen LogP contribution in [0.1, 0.15) is 18.0 Å². The molecule has 1 fully saturated rings. The Hall–Kier alpha value is -0.890. The predicted molar refractivity (Wildman–Crippen MR) is 61.7 cm³/mol. The van der Waals surface area contributed by atoms with Crippen LogP contribution in [0.25, 0.3) is 0 Å². The van der Waals surface area contributed by atoms with Gasteiger partial charge in [0.05, 0.1) is 6.07 Å². The number of hydrogen-bond acceptors (Lipinski definition) is 4. The standard InChI is InChI=1S/C11H15N3S/c12-8-11(10-2-7-15-9-10)14-5-1-3-13-4-6-14/h2,7,9,11,13H,1,3-6H2. The van der Waals surface area contributed by atoms with E-state index in [0.29, 0.717) is 0 Å². The third-order valence-corrected chi connectivity index (χ3v) is 3.42. The lowest BCUT2D eigenvalue weighted by Crippen LogP contribution is -2.31.